The monoisotopic (exact) mass is 254 g/mol. The van der Waals surface area contributed by atoms with Crippen LogP contribution in [-0.2, 0) is 14.4 Å². The minimum absolute atomic E-state index is 0.190. The van der Waals surface area contributed by atoms with Crippen LogP contribution in [0.15, 0.2) is 6.07 Å². The molecule has 0 bridgehead atoms. The van der Waals surface area contributed by atoms with E-state index >= 15 is 0 Å². The van der Waals surface area contributed by atoms with E-state index in [0.29, 0.717) is 0 Å². The minimum Gasteiger partial charge on any atom is -0.407 e. The molecule has 1 rings (SSSR count). The second-order valence-electron chi connectivity index (χ2n) is 3.11. The van der Waals surface area contributed by atoms with Gasteiger partial charge in [0, 0.05) is 20.8 Å². The molecule has 0 aliphatic carbocycles. The van der Waals surface area contributed by atoms with E-state index in [9.17, 15) is 14.4 Å². The Kier molecular flexibility index (Phi) is 4.30. The second kappa shape index (κ2) is 5.71. The lowest BCUT2D eigenvalue weighted by Gasteiger charge is -2.06. The summed E-state index contributed by atoms with van der Waals surface area (Å²) >= 11 is 0. The molecule has 0 radical (unpaired) electrons. The summed E-state index contributed by atoms with van der Waals surface area (Å²) in [5, 5.41) is 0. The molecule has 18 heavy (non-hydrogen) atoms. The first-order chi connectivity index (χ1) is 8.36. The summed E-state index contributed by atoms with van der Waals surface area (Å²) < 4.78 is 14.0. The zero-order chi connectivity index (χ0) is 13.7. The Balaban J connectivity index is 3.06. The van der Waals surface area contributed by atoms with Crippen molar-refractivity contribution in [2.45, 2.75) is 20.8 Å². The van der Waals surface area contributed by atoms with Gasteiger partial charge in [0.25, 0.3) is 0 Å². The number of rotatable bonds is 3. The third-order valence-electron chi connectivity index (χ3n) is 1.39. The van der Waals surface area contributed by atoms with Crippen LogP contribution >= 0.6 is 0 Å². The second-order valence-corrected chi connectivity index (χ2v) is 3.11. The quantitative estimate of drug-likeness (QED) is 0.707. The SMILES string of the molecule is CC(=O)Oc1cc(OC(C)=O)nc(OC(C)=O)n1. The number of ether oxygens (including phenoxy) is 3. The van der Waals surface area contributed by atoms with Crippen molar-refractivity contribution in [1.29, 1.82) is 0 Å². The number of nitrogens with zero attached hydrogens (tertiary/aromatic N) is 2. The van der Waals surface area contributed by atoms with Crippen molar-refractivity contribution < 1.29 is 28.6 Å². The summed E-state index contributed by atoms with van der Waals surface area (Å²) in [6.07, 6.45) is 0. The van der Waals surface area contributed by atoms with Crippen LogP contribution in [0.4, 0.5) is 0 Å². The van der Waals surface area contributed by atoms with Crippen molar-refractivity contribution in [2.24, 2.45) is 0 Å². The number of carbonyl (C=O) groups excluding carboxylic acids is 3. The number of hydrogen-bond acceptors (Lipinski definition) is 8. The number of carbonyl (C=O) groups is 3. The molecule has 1 aromatic heterocycles. The highest BCUT2D eigenvalue weighted by Crippen LogP contribution is 2.19. The van der Waals surface area contributed by atoms with Crippen LogP contribution in [0.3, 0.4) is 0 Å². The van der Waals surface area contributed by atoms with E-state index in [1.165, 1.54) is 13.8 Å². The summed E-state index contributed by atoms with van der Waals surface area (Å²) in [7, 11) is 0. The number of esters is 3. The fourth-order valence-electron chi connectivity index (χ4n) is 0.957. The molecular formula is C10H10N2O6. The summed E-state index contributed by atoms with van der Waals surface area (Å²) in [5.74, 6) is -2.30. The fraction of sp³-hybridized carbons (Fsp3) is 0.300. The van der Waals surface area contributed by atoms with Gasteiger partial charge in [0.15, 0.2) is 0 Å². The Hall–Kier alpha value is -2.51. The molecule has 0 aliphatic heterocycles. The lowest BCUT2D eigenvalue weighted by Crippen LogP contribution is -2.10. The van der Waals surface area contributed by atoms with Gasteiger partial charge in [-0.1, -0.05) is 0 Å². The predicted molar refractivity (Wildman–Crippen MR) is 56.0 cm³/mol. The van der Waals surface area contributed by atoms with E-state index in [2.05, 4.69) is 24.2 Å². The van der Waals surface area contributed by atoms with Crippen LogP contribution in [0.1, 0.15) is 20.8 Å². The van der Waals surface area contributed by atoms with E-state index in [-0.39, 0.29) is 17.8 Å². The standard InChI is InChI=1S/C10H10N2O6/c1-5(13)16-8-4-9(17-6(2)14)12-10(11-8)18-7(3)15/h4H,1-3H3. The maximum atomic E-state index is 10.8. The van der Waals surface area contributed by atoms with Crippen molar-refractivity contribution in [3.63, 3.8) is 0 Å². The van der Waals surface area contributed by atoms with Crippen molar-refractivity contribution in [3.8, 4) is 17.8 Å². The van der Waals surface area contributed by atoms with Crippen LogP contribution in [0.25, 0.3) is 0 Å². The highest BCUT2D eigenvalue weighted by molar-refractivity contribution is 5.71. The average Bonchev–Trinajstić information content (AvgIpc) is 2.12. The average molecular weight is 254 g/mol. The topological polar surface area (TPSA) is 105 Å². The minimum atomic E-state index is -0.663. The molecule has 0 atom stereocenters. The van der Waals surface area contributed by atoms with Crippen LogP contribution in [-0.4, -0.2) is 27.9 Å². The van der Waals surface area contributed by atoms with Gasteiger partial charge in [-0.05, 0) is 0 Å². The summed E-state index contributed by atoms with van der Waals surface area (Å²) in [6, 6.07) is 0.744. The largest absolute Gasteiger partial charge is 0.407 e. The zero-order valence-electron chi connectivity index (χ0n) is 9.92. The Bertz CT molecular complexity index is 415. The first kappa shape index (κ1) is 13.6. The predicted octanol–water partition coefficient (Wildman–Crippen LogP) is 0.252. The van der Waals surface area contributed by atoms with Gasteiger partial charge in [0.2, 0.25) is 11.8 Å². The van der Waals surface area contributed by atoms with Crippen LogP contribution in [0, 0.1) is 0 Å². The first-order valence-electron chi connectivity index (χ1n) is 4.81. The Morgan fingerprint density at radius 1 is 0.833 bits per heavy atom. The van der Waals surface area contributed by atoms with Crippen LogP contribution < -0.4 is 14.2 Å². The number of aromatic nitrogens is 2. The maximum Gasteiger partial charge on any atom is 0.330 e. The third-order valence-corrected chi connectivity index (χ3v) is 1.39. The molecular weight excluding hydrogens is 244 g/mol. The molecule has 1 heterocycles. The highest BCUT2D eigenvalue weighted by atomic mass is 16.6. The third kappa shape index (κ3) is 4.56. The van der Waals surface area contributed by atoms with Gasteiger partial charge >= 0.3 is 23.9 Å². The summed E-state index contributed by atoms with van der Waals surface area (Å²) in [5.41, 5.74) is 0. The lowest BCUT2D eigenvalue weighted by atomic mass is 10.6. The normalized spacial score (nSPS) is 9.50. The van der Waals surface area contributed by atoms with Crippen LogP contribution in [0.2, 0.25) is 0 Å². The van der Waals surface area contributed by atoms with Crippen molar-refractivity contribution in [1.82, 2.24) is 9.97 Å². The molecule has 96 valence electrons. The van der Waals surface area contributed by atoms with E-state index in [1.807, 2.05) is 0 Å². The lowest BCUT2D eigenvalue weighted by molar-refractivity contribution is -0.132. The molecule has 8 nitrogen and oxygen atoms in total. The molecule has 0 saturated carbocycles. The molecule has 0 spiro atoms. The smallest absolute Gasteiger partial charge is 0.330 e. The van der Waals surface area contributed by atoms with Gasteiger partial charge in [-0.15, -0.1) is 0 Å². The molecule has 0 fully saturated rings. The van der Waals surface area contributed by atoms with E-state index in [0.717, 1.165) is 13.0 Å². The highest BCUT2D eigenvalue weighted by Gasteiger charge is 2.12. The van der Waals surface area contributed by atoms with Crippen molar-refractivity contribution >= 4 is 17.9 Å². The molecule has 0 N–H and O–H groups in total. The van der Waals surface area contributed by atoms with Crippen molar-refractivity contribution in [2.75, 3.05) is 0 Å². The molecule has 0 saturated heterocycles. The maximum absolute atomic E-state index is 10.8. The summed E-state index contributed by atoms with van der Waals surface area (Å²) in [6.45, 7) is 3.48. The van der Waals surface area contributed by atoms with E-state index in [4.69, 9.17) is 0 Å². The molecule has 0 aliphatic rings. The first-order valence-corrected chi connectivity index (χ1v) is 4.81. The van der Waals surface area contributed by atoms with Gasteiger partial charge in [-0.3, -0.25) is 14.4 Å². The zero-order valence-corrected chi connectivity index (χ0v) is 9.92. The molecule has 0 aromatic carbocycles. The Morgan fingerprint density at radius 3 is 1.56 bits per heavy atom. The van der Waals surface area contributed by atoms with Gasteiger partial charge in [0.05, 0.1) is 6.07 Å². The Morgan fingerprint density at radius 2 is 1.22 bits per heavy atom. The fourth-order valence-corrected chi connectivity index (χ4v) is 0.957. The van der Waals surface area contributed by atoms with E-state index in [1.54, 1.807) is 0 Å². The van der Waals surface area contributed by atoms with Gasteiger partial charge in [0.1, 0.15) is 0 Å². The van der Waals surface area contributed by atoms with E-state index < -0.39 is 17.9 Å². The van der Waals surface area contributed by atoms with Crippen molar-refractivity contribution in [3.05, 3.63) is 6.07 Å². The molecule has 1 aromatic rings. The Labute approximate surface area is 102 Å². The summed E-state index contributed by atoms with van der Waals surface area (Å²) in [4.78, 5) is 39.6. The molecule has 0 amide bonds. The van der Waals surface area contributed by atoms with Gasteiger partial charge in [-0.25, -0.2) is 0 Å². The number of hydrogen-bond donors (Lipinski definition) is 0. The molecule has 0 unspecified atom stereocenters. The van der Waals surface area contributed by atoms with Gasteiger partial charge in [-0.2, -0.15) is 9.97 Å². The van der Waals surface area contributed by atoms with Crippen LogP contribution in [0.5, 0.6) is 17.8 Å². The van der Waals surface area contributed by atoms with Gasteiger partial charge < -0.3 is 14.2 Å². The molecule has 8 heteroatoms.